The fourth-order valence-corrected chi connectivity index (χ4v) is 3.19. The number of nitrogens with two attached hydrogens (primary N) is 1. The van der Waals surface area contributed by atoms with Gasteiger partial charge in [0.15, 0.2) is 0 Å². The van der Waals surface area contributed by atoms with Gasteiger partial charge >= 0.3 is 0 Å². The van der Waals surface area contributed by atoms with Crippen molar-refractivity contribution in [2.45, 2.75) is 45.1 Å². The molecule has 2 nitrogen and oxygen atoms in total. The Labute approximate surface area is 104 Å². The van der Waals surface area contributed by atoms with Crippen LogP contribution in [-0.4, -0.2) is 17.3 Å². The smallest absolute Gasteiger partial charge is 0.0694 e. The zero-order valence-electron chi connectivity index (χ0n) is 10.9. The van der Waals surface area contributed by atoms with Gasteiger partial charge in [0.25, 0.3) is 0 Å². The first-order chi connectivity index (χ1) is 8.04. The molecule has 1 aromatic rings. The molecule has 1 unspecified atom stereocenters. The maximum atomic E-state index is 10.8. The van der Waals surface area contributed by atoms with Crippen LogP contribution in [0.4, 0.5) is 0 Å². The predicted octanol–water partition coefficient (Wildman–Crippen LogP) is 2.28. The lowest BCUT2D eigenvalue weighted by Gasteiger charge is -2.42. The summed E-state index contributed by atoms with van der Waals surface area (Å²) in [4.78, 5) is 0. The highest BCUT2D eigenvalue weighted by Crippen LogP contribution is 2.45. The van der Waals surface area contributed by atoms with Crippen molar-refractivity contribution in [1.82, 2.24) is 0 Å². The maximum absolute atomic E-state index is 10.8. The van der Waals surface area contributed by atoms with Gasteiger partial charge in [-0.2, -0.15) is 0 Å². The van der Waals surface area contributed by atoms with Gasteiger partial charge < -0.3 is 10.8 Å². The van der Waals surface area contributed by atoms with Crippen LogP contribution in [0.5, 0.6) is 0 Å². The van der Waals surface area contributed by atoms with Gasteiger partial charge in [0, 0.05) is 12.0 Å². The van der Waals surface area contributed by atoms with Gasteiger partial charge in [-0.15, -0.1) is 0 Å². The van der Waals surface area contributed by atoms with E-state index in [1.807, 2.05) is 6.92 Å². The molecule has 1 atom stereocenters. The van der Waals surface area contributed by atoms with Gasteiger partial charge in [0.1, 0.15) is 0 Å². The Hall–Kier alpha value is -0.860. The monoisotopic (exact) mass is 233 g/mol. The quantitative estimate of drug-likeness (QED) is 0.838. The van der Waals surface area contributed by atoms with Gasteiger partial charge in [0.2, 0.25) is 0 Å². The number of rotatable bonds is 4. The molecule has 0 bridgehead atoms. The Morgan fingerprint density at radius 2 is 1.82 bits per heavy atom. The van der Waals surface area contributed by atoms with E-state index in [1.165, 1.54) is 11.1 Å². The Morgan fingerprint density at radius 3 is 2.24 bits per heavy atom. The molecule has 94 valence electrons. The fourth-order valence-electron chi connectivity index (χ4n) is 3.19. The first kappa shape index (κ1) is 12.6. The van der Waals surface area contributed by atoms with Gasteiger partial charge in [-0.3, -0.25) is 0 Å². The number of fused-ring (bicyclic) bond motifs is 1. The lowest BCUT2D eigenvalue weighted by molar-refractivity contribution is -0.0679. The Morgan fingerprint density at radius 1 is 1.29 bits per heavy atom. The second-order valence-corrected chi connectivity index (χ2v) is 5.63. The number of benzene rings is 1. The average Bonchev–Trinajstić information content (AvgIpc) is 2.69. The van der Waals surface area contributed by atoms with E-state index in [4.69, 9.17) is 5.73 Å². The molecule has 17 heavy (non-hydrogen) atoms. The highest BCUT2D eigenvalue weighted by molar-refractivity contribution is 5.36. The molecule has 0 aliphatic heterocycles. The Bertz CT molecular complexity index is 373. The van der Waals surface area contributed by atoms with Crippen LogP contribution in [-0.2, 0) is 12.8 Å². The van der Waals surface area contributed by atoms with Crippen molar-refractivity contribution in [2.75, 3.05) is 6.54 Å². The van der Waals surface area contributed by atoms with E-state index in [9.17, 15) is 5.11 Å². The molecule has 0 saturated heterocycles. The minimum Gasteiger partial charge on any atom is -0.390 e. The molecule has 0 fully saturated rings. The topological polar surface area (TPSA) is 46.2 Å². The molecule has 0 radical (unpaired) electrons. The lowest BCUT2D eigenvalue weighted by atomic mass is 9.68. The summed E-state index contributed by atoms with van der Waals surface area (Å²) in [5, 5.41) is 10.8. The van der Waals surface area contributed by atoms with Crippen LogP contribution in [0.15, 0.2) is 24.3 Å². The van der Waals surface area contributed by atoms with E-state index in [1.54, 1.807) is 0 Å². The zero-order chi connectivity index (χ0) is 12.5. The van der Waals surface area contributed by atoms with Gasteiger partial charge in [-0.25, -0.2) is 0 Å². The van der Waals surface area contributed by atoms with Gasteiger partial charge in [-0.1, -0.05) is 37.6 Å². The van der Waals surface area contributed by atoms with Crippen molar-refractivity contribution in [2.24, 2.45) is 11.1 Å². The Balaban J connectivity index is 2.32. The maximum Gasteiger partial charge on any atom is 0.0694 e. The minimum absolute atomic E-state index is 0.174. The summed E-state index contributed by atoms with van der Waals surface area (Å²) in [5.41, 5.74) is 7.87. The van der Waals surface area contributed by atoms with Crippen molar-refractivity contribution < 1.29 is 5.11 Å². The lowest BCUT2D eigenvalue weighted by Crippen LogP contribution is -2.51. The number of hydrogen-bond acceptors (Lipinski definition) is 2. The second kappa shape index (κ2) is 4.43. The number of aliphatic hydroxyl groups is 1. The van der Waals surface area contributed by atoms with Crippen molar-refractivity contribution in [3.8, 4) is 0 Å². The summed E-state index contributed by atoms with van der Waals surface area (Å²) < 4.78 is 0. The zero-order valence-corrected chi connectivity index (χ0v) is 10.9. The van der Waals surface area contributed by atoms with Crippen LogP contribution < -0.4 is 5.73 Å². The molecular weight excluding hydrogens is 210 g/mol. The summed E-state index contributed by atoms with van der Waals surface area (Å²) in [7, 11) is 0. The fraction of sp³-hybridized carbons (Fsp3) is 0.600. The van der Waals surface area contributed by atoms with Crippen molar-refractivity contribution in [3.63, 3.8) is 0 Å². The molecule has 1 aliphatic carbocycles. The first-order valence-corrected chi connectivity index (χ1v) is 6.54. The van der Waals surface area contributed by atoms with Crippen LogP contribution >= 0.6 is 0 Å². The molecule has 0 spiro atoms. The largest absolute Gasteiger partial charge is 0.390 e. The molecule has 0 aromatic heterocycles. The van der Waals surface area contributed by atoms with E-state index in [-0.39, 0.29) is 5.41 Å². The molecule has 0 heterocycles. The molecule has 3 N–H and O–H groups in total. The molecule has 1 aromatic carbocycles. The van der Waals surface area contributed by atoms with E-state index < -0.39 is 5.60 Å². The molecule has 2 rings (SSSR count). The van der Waals surface area contributed by atoms with Gasteiger partial charge in [0.05, 0.1) is 5.60 Å². The molecule has 0 saturated carbocycles. The second-order valence-electron chi connectivity index (χ2n) is 5.63. The summed E-state index contributed by atoms with van der Waals surface area (Å²) in [6.07, 6.45) is 3.63. The van der Waals surface area contributed by atoms with Crippen LogP contribution in [0.25, 0.3) is 0 Å². The van der Waals surface area contributed by atoms with Gasteiger partial charge in [-0.05, 0) is 37.3 Å². The van der Waals surface area contributed by atoms with Crippen molar-refractivity contribution in [1.29, 1.82) is 0 Å². The standard InChI is InChI=1S/C15H23NO/c1-3-8-14(2,17)15(11-16)9-12-6-4-5-7-13(12)10-15/h4-7,17H,3,8-11,16H2,1-2H3. The van der Waals surface area contributed by atoms with E-state index in [2.05, 4.69) is 31.2 Å². The summed E-state index contributed by atoms with van der Waals surface area (Å²) in [6.45, 7) is 4.62. The normalized spacial score (nSPS) is 20.9. The van der Waals surface area contributed by atoms with Crippen LogP contribution in [0.2, 0.25) is 0 Å². The highest BCUT2D eigenvalue weighted by atomic mass is 16.3. The van der Waals surface area contributed by atoms with Crippen LogP contribution in [0.1, 0.15) is 37.8 Å². The predicted molar refractivity (Wildman–Crippen MR) is 70.9 cm³/mol. The van der Waals surface area contributed by atoms with E-state index >= 15 is 0 Å². The highest BCUT2D eigenvalue weighted by Gasteiger charge is 2.48. The average molecular weight is 233 g/mol. The summed E-state index contributed by atoms with van der Waals surface area (Å²) in [6, 6.07) is 8.46. The first-order valence-electron chi connectivity index (χ1n) is 6.54. The van der Waals surface area contributed by atoms with Crippen molar-refractivity contribution >= 4 is 0 Å². The van der Waals surface area contributed by atoms with Crippen LogP contribution in [0, 0.1) is 5.41 Å². The molecule has 2 heteroatoms. The van der Waals surface area contributed by atoms with Crippen LogP contribution in [0.3, 0.4) is 0 Å². The summed E-state index contributed by atoms with van der Waals surface area (Å²) >= 11 is 0. The van der Waals surface area contributed by atoms with E-state index in [0.717, 1.165) is 25.7 Å². The SMILES string of the molecule is CCCC(C)(O)C1(CN)Cc2ccccc2C1. The molecule has 1 aliphatic rings. The third-order valence-electron chi connectivity index (χ3n) is 4.45. The molecule has 0 amide bonds. The minimum atomic E-state index is -0.671. The third-order valence-corrected chi connectivity index (χ3v) is 4.45. The van der Waals surface area contributed by atoms with Crippen molar-refractivity contribution in [3.05, 3.63) is 35.4 Å². The molecular formula is C15H23NO. The number of hydrogen-bond donors (Lipinski definition) is 2. The third kappa shape index (κ3) is 2.00. The van der Waals surface area contributed by atoms with E-state index in [0.29, 0.717) is 6.54 Å². The Kier molecular flexibility index (Phi) is 3.28. The summed E-state index contributed by atoms with van der Waals surface area (Å²) in [5.74, 6) is 0.